The summed E-state index contributed by atoms with van der Waals surface area (Å²) in [6.45, 7) is 0.802. The molecule has 0 bridgehead atoms. The monoisotopic (exact) mass is 165 g/mol. The Kier molecular flexibility index (Phi) is 3.48. The topological polar surface area (TPSA) is 12.0 Å². The molecule has 0 atom stereocenters. The number of halogens is 1. The van der Waals surface area contributed by atoms with Gasteiger partial charge in [-0.2, -0.15) is 0 Å². The van der Waals surface area contributed by atoms with E-state index in [1.54, 1.807) is 6.07 Å². The van der Waals surface area contributed by atoms with Crippen LogP contribution in [-0.2, 0) is 0 Å². The lowest BCUT2D eigenvalue weighted by Gasteiger charge is -1.92. The van der Waals surface area contributed by atoms with E-state index >= 15 is 0 Å². The fourth-order valence-electron chi connectivity index (χ4n) is 0.923. The van der Waals surface area contributed by atoms with Crippen LogP contribution in [0.4, 0.5) is 4.39 Å². The first-order chi connectivity index (χ1) is 5.83. The highest BCUT2D eigenvalue weighted by Crippen LogP contribution is 2.04. The maximum atomic E-state index is 12.6. The van der Waals surface area contributed by atoms with Crippen molar-refractivity contribution in [2.24, 2.45) is 0 Å². The van der Waals surface area contributed by atoms with E-state index in [9.17, 15) is 4.39 Å². The highest BCUT2D eigenvalue weighted by Gasteiger charge is 1.88. The molecule has 0 fully saturated rings. The van der Waals surface area contributed by atoms with Crippen LogP contribution in [0.3, 0.4) is 0 Å². The van der Waals surface area contributed by atoms with Crippen molar-refractivity contribution < 1.29 is 4.39 Å². The molecule has 0 heterocycles. The van der Waals surface area contributed by atoms with Gasteiger partial charge in [0.25, 0.3) is 0 Å². The van der Waals surface area contributed by atoms with Crippen LogP contribution in [-0.4, -0.2) is 13.6 Å². The quantitative estimate of drug-likeness (QED) is 0.722. The standard InChI is InChI=1S/C10H12FN/c1-12-7-3-5-9-4-2-6-10(11)8-9/h2-6,8,12H,7H2,1H3/b5-3+. The van der Waals surface area contributed by atoms with Gasteiger partial charge in [-0.15, -0.1) is 0 Å². The molecular weight excluding hydrogens is 153 g/mol. The largest absolute Gasteiger partial charge is 0.316 e. The number of likely N-dealkylation sites (N-methyl/N-ethyl adjacent to an activating group) is 1. The number of nitrogens with one attached hydrogen (secondary N) is 1. The van der Waals surface area contributed by atoms with E-state index < -0.39 is 0 Å². The number of benzene rings is 1. The van der Waals surface area contributed by atoms with Gasteiger partial charge in [0.05, 0.1) is 0 Å². The third kappa shape index (κ3) is 2.84. The van der Waals surface area contributed by atoms with Crippen molar-refractivity contribution in [2.75, 3.05) is 13.6 Å². The third-order valence-electron chi connectivity index (χ3n) is 1.48. The van der Waals surface area contributed by atoms with Crippen LogP contribution in [0.25, 0.3) is 6.08 Å². The van der Waals surface area contributed by atoms with Crippen LogP contribution in [0.15, 0.2) is 30.3 Å². The average Bonchev–Trinajstić information content (AvgIpc) is 2.05. The predicted molar refractivity (Wildman–Crippen MR) is 49.4 cm³/mol. The smallest absolute Gasteiger partial charge is 0.123 e. The van der Waals surface area contributed by atoms with Gasteiger partial charge in [-0.1, -0.05) is 24.3 Å². The lowest BCUT2D eigenvalue weighted by atomic mass is 10.2. The van der Waals surface area contributed by atoms with Crippen molar-refractivity contribution in [3.05, 3.63) is 41.7 Å². The lowest BCUT2D eigenvalue weighted by molar-refractivity contribution is 0.627. The Labute approximate surface area is 71.9 Å². The van der Waals surface area contributed by atoms with E-state index in [1.165, 1.54) is 12.1 Å². The van der Waals surface area contributed by atoms with Gasteiger partial charge < -0.3 is 5.32 Å². The maximum absolute atomic E-state index is 12.6. The van der Waals surface area contributed by atoms with Gasteiger partial charge in [-0.25, -0.2) is 4.39 Å². The SMILES string of the molecule is CNC/C=C/c1cccc(F)c1. The fraction of sp³-hybridized carbons (Fsp3) is 0.200. The first kappa shape index (κ1) is 8.94. The van der Waals surface area contributed by atoms with Crippen molar-refractivity contribution in [3.8, 4) is 0 Å². The Hall–Kier alpha value is -1.15. The van der Waals surface area contributed by atoms with Crippen molar-refractivity contribution in [3.63, 3.8) is 0 Å². The normalized spacial score (nSPS) is 10.8. The molecular formula is C10H12FN. The molecule has 0 aliphatic heterocycles. The Morgan fingerprint density at radius 2 is 2.33 bits per heavy atom. The second-order valence-electron chi connectivity index (χ2n) is 2.52. The third-order valence-corrected chi connectivity index (χ3v) is 1.48. The molecule has 1 nitrogen and oxygen atoms in total. The molecule has 12 heavy (non-hydrogen) atoms. The van der Waals surface area contributed by atoms with Gasteiger partial charge in [0.2, 0.25) is 0 Å². The number of hydrogen-bond acceptors (Lipinski definition) is 1. The van der Waals surface area contributed by atoms with E-state index in [0.717, 1.165) is 12.1 Å². The van der Waals surface area contributed by atoms with Crippen molar-refractivity contribution in [1.82, 2.24) is 5.32 Å². The molecule has 0 unspecified atom stereocenters. The molecule has 0 spiro atoms. The van der Waals surface area contributed by atoms with Gasteiger partial charge in [-0.05, 0) is 24.7 Å². The van der Waals surface area contributed by atoms with Gasteiger partial charge in [0, 0.05) is 6.54 Å². The van der Waals surface area contributed by atoms with Gasteiger partial charge >= 0.3 is 0 Å². The molecule has 1 rings (SSSR count). The summed E-state index contributed by atoms with van der Waals surface area (Å²) in [6.07, 6.45) is 3.84. The summed E-state index contributed by atoms with van der Waals surface area (Å²) in [4.78, 5) is 0. The summed E-state index contributed by atoms with van der Waals surface area (Å²) in [5.74, 6) is -0.193. The summed E-state index contributed by atoms with van der Waals surface area (Å²) < 4.78 is 12.6. The Bertz CT molecular complexity index is 268. The molecule has 2 heteroatoms. The zero-order valence-corrected chi connectivity index (χ0v) is 7.05. The van der Waals surface area contributed by atoms with E-state index in [4.69, 9.17) is 0 Å². The molecule has 0 saturated carbocycles. The molecule has 0 saturated heterocycles. The minimum atomic E-state index is -0.193. The average molecular weight is 165 g/mol. The zero-order valence-electron chi connectivity index (χ0n) is 7.05. The van der Waals surface area contributed by atoms with Crippen LogP contribution in [0, 0.1) is 5.82 Å². The highest BCUT2D eigenvalue weighted by molar-refractivity contribution is 5.49. The van der Waals surface area contributed by atoms with E-state index in [-0.39, 0.29) is 5.82 Å². The summed E-state index contributed by atoms with van der Waals surface area (Å²) in [7, 11) is 1.87. The number of hydrogen-bond donors (Lipinski definition) is 1. The summed E-state index contributed by atoms with van der Waals surface area (Å²) in [5, 5.41) is 2.97. The van der Waals surface area contributed by atoms with Crippen LogP contribution < -0.4 is 5.32 Å². The Balaban J connectivity index is 2.63. The minimum absolute atomic E-state index is 0.193. The van der Waals surface area contributed by atoms with Crippen LogP contribution in [0.5, 0.6) is 0 Å². The molecule has 0 amide bonds. The minimum Gasteiger partial charge on any atom is -0.316 e. The van der Waals surface area contributed by atoms with Crippen LogP contribution in [0.1, 0.15) is 5.56 Å². The summed E-state index contributed by atoms with van der Waals surface area (Å²) in [5.41, 5.74) is 0.894. The van der Waals surface area contributed by atoms with Gasteiger partial charge in [0.15, 0.2) is 0 Å². The predicted octanol–water partition coefficient (Wildman–Crippen LogP) is 2.06. The molecule has 1 aromatic rings. The molecule has 1 N–H and O–H groups in total. The second kappa shape index (κ2) is 4.67. The van der Waals surface area contributed by atoms with Crippen molar-refractivity contribution >= 4 is 6.08 Å². The van der Waals surface area contributed by atoms with E-state index in [2.05, 4.69) is 5.32 Å². The van der Waals surface area contributed by atoms with E-state index in [0.29, 0.717) is 0 Å². The van der Waals surface area contributed by atoms with Gasteiger partial charge in [0.1, 0.15) is 5.82 Å². The summed E-state index contributed by atoms with van der Waals surface area (Å²) in [6, 6.07) is 6.52. The molecule has 0 aliphatic carbocycles. The zero-order chi connectivity index (χ0) is 8.81. The summed E-state index contributed by atoms with van der Waals surface area (Å²) >= 11 is 0. The first-order valence-electron chi connectivity index (χ1n) is 3.89. The fourth-order valence-corrected chi connectivity index (χ4v) is 0.923. The highest BCUT2D eigenvalue weighted by atomic mass is 19.1. The molecule has 0 radical (unpaired) electrons. The van der Waals surface area contributed by atoms with Gasteiger partial charge in [-0.3, -0.25) is 0 Å². The van der Waals surface area contributed by atoms with E-state index in [1.807, 2.05) is 25.3 Å². The Morgan fingerprint density at radius 3 is 3.00 bits per heavy atom. The number of rotatable bonds is 3. The molecule has 64 valence electrons. The maximum Gasteiger partial charge on any atom is 0.123 e. The molecule has 0 aliphatic rings. The van der Waals surface area contributed by atoms with Crippen molar-refractivity contribution in [1.29, 1.82) is 0 Å². The molecule has 0 aromatic heterocycles. The molecule has 1 aromatic carbocycles. The second-order valence-corrected chi connectivity index (χ2v) is 2.52. The van der Waals surface area contributed by atoms with Crippen molar-refractivity contribution in [2.45, 2.75) is 0 Å². The first-order valence-corrected chi connectivity index (χ1v) is 3.89. The Morgan fingerprint density at radius 1 is 1.50 bits per heavy atom. The lowest BCUT2D eigenvalue weighted by Crippen LogP contribution is -2.03. The van der Waals surface area contributed by atoms with Crippen LogP contribution in [0.2, 0.25) is 0 Å². The van der Waals surface area contributed by atoms with Crippen LogP contribution >= 0.6 is 0 Å².